The summed E-state index contributed by atoms with van der Waals surface area (Å²) in [5.74, 6) is -1.33. The van der Waals surface area contributed by atoms with Gasteiger partial charge in [0.05, 0.1) is 12.6 Å². The molecule has 0 bridgehead atoms. The van der Waals surface area contributed by atoms with E-state index in [9.17, 15) is 9.59 Å². The number of carboxylic acid groups (broad SMARTS) is 1. The van der Waals surface area contributed by atoms with Crippen LogP contribution in [0.2, 0.25) is 25.7 Å². The van der Waals surface area contributed by atoms with Crippen molar-refractivity contribution in [3.63, 3.8) is 0 Å². The molecule has 1 heterocycles. The molecule has 2 N–H and O–H groups in total. The molecule has 0 saturated carbocycles. The maximum absolute atomic E-state index is 12.7. The molecular weight excluding hydrogens is 430 g/mol. The van der Waals surface area contributed by atoms with Gasteiger partial charge in [0.15, 0.2) is 4.73 Å². The summed E-state index contributed by atoms with van der Waals surface area (Å²) >= 11 is 3.33. The molecular formula is C18H24BrN3O4Si. The average Bonchev–Trinajstić information content (AvgIpc) is 2.93. The zero-order valence-corrected chi connectivity index (χ0v) is 18.2. The maximum Gasteiger partial charge on any atom is 0.307 e. The smallest absolute Gasteiger partial charge is 0.307 e. The van der Waals surface area contributed by atoms with E-state index >= 15 is 0 Å². The lowest BCUT2D eigenvalue weighted by Gasteiger charge is -2.16. The first-order chi connectivity index (χ1) is 12.7. The van der Waals surface area contributed by atoms with Crippen molar-refractivity contribution < 1.29 is 19.4 Å². The fourth-order valence-electron chi connectivity index (χ4n) is 2.34. The molecule has 2 rings (SSSR count). The van der Waals surface area contributed by atoms with E-state index in [2.05, 4.69) is 45.9 Å². The number of carbonyl (C=O) groups is 2. The van der Waals surface area contributed by atoms with Gasteiger partial charge in [0, 0.05) is 20.4 Å². The number of hydrogen-bond acceptors (Lipinski definition) is 4. The van der Waals surface area contributed by atoms with E-state index in [0.29, 0.717) is 28.3 Å². The predicted molar refractivity (Wildman–Crippen MR) is 110 cm³/mol. The summed E-state index contributed by atoms with van der Waals surface area (Å²) in [4.78, 5) is 27.8. The number of rotatable bonds is 9. The molecule has 146 valence electrons. The van der Waals surface area contributed by atoms with Gasteiger partial charge in [-0.2, -0.15) is 0 Å². The largest absolute Gasteiger partial charge is 0.481 e. The third-order valence-electron chi connectivity index (χ3n) is 3.86. The molecule has 1 aromatic heterocycles. The molecule has 0 aliphatic carbocycles. The molecule has 0 unspecified atom stereocenters. The number of benzene rings is 1. The Kier molecular flexibility index (Phi) is 7.34. The van der Waals surface area contributed by atoms with Crippen LogP contribution in [0.15, 0.2) is 35.2 Å². The van der Waals surface area contributed by atoms with Crippen molar-refractivity contribution >= 4 is 41.6 Å². The molecule has 1 amide bonds. The minimum atomic E-state index is -1.19. The van der Waals surface area contributed by atoms with Crippen molar-refractivity contribution in [2.24, 2.45) is 0 Å². The highest BCUT2D eigenvalue weighted by molar-refractivity contribution is 9.10. The van der Waals surface area contributed by atoms with Crippen molar-refractivity contribution in [3.05, 3.63) is 46.5 Å². The van der Waals surface area contributed by atoms with Gasteiger partial charge >= 0.3 is 5.97 Å². The zero-order chi connectivity index (χ0) is 20.0. The molecule has 0 fully saturated rings. The summed E-state index contributed by atoms with van der Waals surface area (Å²) in [6.07, 6.45) is 1.29. The van der Waals surface area contributed by atoms with Crippen LogP contribution in [0.5, 0.6) is 0 Å². The lowest BCUT2D eigenvalue weighted by Crippen LogP contribution is -2.23. The molecule has 1 aromatic carbocycles. The molecule has 7 nitrogen and oxygen atoms in total. The number of nitrogens with one attached hydrogen (secondary N) is 1. The summed E-state index contributed by atoms with van der Waals surface area (Å²) in [7, 11) is -1.19. The molecule has 0 atom stereocenters. The second-order valence-corrected chi connectivity index (χ2v) is 13.7. The lowest BCUT2D eigenvalue weighted by atomic mass is 10.1. The van der Waals surface area contributed by atoms with Crippen molar-refractivity contribution in [1.29, 1.82) is 0 Å². The minimum Gasteiger partial charge on any atom is -0.481 e. The summed E-state index contributed by atoms with van der Waals surface area (Å²) in [6.45, 7) is 7.66. The first kappa shape index (κ1) is 21.3. The van der Waals surface area contributed by atoms with Crippen LogP contribution in [0.25, 0.3) is 0 Å². The molecule has 2 aromatic rings. The Morgan fingerprint density at radius 3 is 2.67 bits per heavy atom. The number of hydrogen-bond donors (Lipinski definition) is 2. The zero-order valence-electron chi connectivity index (χ0n) is 15.7. The highest BCUT2D eigenvalue weighted by atomic mass is 79.9. The first-order valence-electron chi connectivity index (χ1n) is 8.57. The van der Waals surface area contributed by atoms with Crippen molar-refractivity contribution in [3.8, 4) is 0 Å². The lowest BCUT2D eigenvalue weighted by molar-refractivity contribution is -0.136. The minimum absolute atomic E-state index is 0.167. The number of ether oxygens (including phenoxy) is 1. The van der Waals surface area contributed by atoms with Crippen LogP contribution < -0.4 is 5.32 Å². The average molecular weight is 454 g/mol. The van der Waals surface area contributed by atoms with E-state index in [0.717, 1.165) is 6.04 Å². The van der Waals surface area contributed by atoms with E-state index in [-0.39, 0.29) is 19.1 Å². The van der Waals surface area contributed by atoms with Crippen LogP contribution in [0.3, 0.4) is 0 Å². The normalized spacial score (nSPS) is 11.4. The van der Waals surface area contributed by atoms with Gasteiger partial charge in [-0.3, -0.25) is 14.2 Å². The van der Waals surface area contributed by atoms with Gasteiger partial charge < -0.3 is 15.2 Å². The number of para-hydroxylation sites is 1. The number of anilines is 1. The van der Waals surface area contributed by atoms with Gasteiger partial charge in [-0.1, -0.05) is 37.8 Å². The Balaban J connectivity index is 2.08. The summed E-state index contributed by atoms with van der Waals surface area (Å²) in [6, 6.07) is 7.87. The topological polar surface area (TPSA) is 93.5 Å². The van der Waals surface area contributed by atoms with E-state index in [4.69, 9.17) is 9.84 Å². The Hall–Kier alpha value is -1.97. The van der Waals surface area contributed by atoms with Crippen LogP contribution in [0.1, 0.15) is 16.1 Å². The van der Waals surface area contributed by atoms with Gasteiger partial charge in [0.2, 0.25) is 0 Å². The van der Waals surface area contributed by atoms with E-state index < -0.39 is 14.0 Å². The number of aliphatic carboxylic acids is 1. The van der Waals surface area contributed by atoms with Crippen molar-refractivity contribution in [2.75, 3.05) is 11.9 Å². The van der Waals surface area contributed by atoms with Crippen molar-refractivity contribution in [1.82, 2.24) is 9.55 Å². The van der Waals surface area contributed by atoms with E-state index in [1.54, 1.807) is 28.8 Å². The SMILES string of the molecule is C[Si](C)(C)CCOCn1c(C(=O)Nc2ccccc2CC(=O)O)cnc1Br. The Morgan fingerprint density at radius 1 is 1.30 bits per heavy atom. The molecule has 27 heavy (non-hydrogen) atoms. The summed E-state index contributed by atoms with van der Waals surface area (Å²) < 4.78 is 7.86. The number of halogens is 1. The van der Waals surface area contributed by atoms with E-state index in [1.807, 2.05) is 0 Å². The summed E-state index contributed by atoms with van der Waals surface area (Å²) in [5.41, 5.74) is 1.34. The third kappa shape index (κ3) is 6.60. The molecule has 0 radical (unpaired) electrons. The van der Waals surface area contributed by atoms with Crippen LogP contribution >= 0.6 is 15.9 Å². The van der Waals surface area contributed by atoms with Crippen LogP contribution in [-0.2, 0) is 22.7 Å². The van der Waals surface area contributed by atoms with Gasteiger partial charge in [-0.25, -0.2) is 4.98 Å². The van der Waals surface area contributed by atoms with Crippen LogP contribution in [0.4, 0.5) is 5.69 Å². The number of carboxylic acids is 1. The number of imidazole rings is 1. The highest BCUT2D eigenvalue weighted by Gasteiger charge is 2.18. The predicted octanol–water partition coefficient (Wildman–Crippen LogP) is 3.84. The van der Waals surface area contributed by atoms with Gasteiger partial charge in [0.1, 0.15) is 12.4 Å². The third-order valence-corrected chi connectivity index (χ3v) is 6.20. The molecule has 0 saturated heterocycles. The molecule has 0 aliphatic rings. The second kappa shape index (κ2) is 9.29. The molecule has 0 spiro atoms. The maximum atomic E-state index is 12.7. The molecule has 9 heteroatoms. The van der Waals surface area contributed by atoms with Gasteiger partial charge in [0.25, 0.3) is 5.91 Å². The van der Waals surface area contributed by atoms with E-state index in [1.165, 1.54) is 6.20 Å². The van der Waals surface area contributed by atoms with Crippen molar-refractivity contribution in [2.45, 2.75) is 38.8 Å². The number of aromatic nitrogens is 2. The first-order valence-corrected chi connectivity index (χ1v) is 13.1. The van der Waals surface area contributed by atoms with Gasteiger partial charge in [-0.05, 0) is 33.6 Å². The Labute approximate surface area is 167 Å². The Morgan fingerprint density at radius 2 is 2.00 bits per heavy atom. The van der Waals surface area contributed by atoms with Crippen LogP contribution in [-0.4, -0.2) is 41.2 Å². The fraction of sp³-hybridized carbons (Fsp3) is 0.389. The monoisotopic (exact) mass is 453 g/mol. The number of nitrogens with zero attached hydrogens (tertiary/aromatic N) is 2. The Bertz CT molecular complexity index is 817. The second-order valence-electron chi connectivity index (χ2n) is 7.37. The standard InChI is InChI=1S/C18H24BrN3O4Si/c1-27(2,3)9-8-26-12-22-15(11-20-18(22)19)17(25)21-14-7-5-4-6-13(14)10-16(23)24/h4-7,11H,8-10,12H2,1-3H3,(H,21,25)(H,23,24). The fourth-order valence-corrected chi connectivity index (χ4v) is 3.49. The number of carbonyl (C=O) groups excluding carboxylic acids is 1. The highest BCUT2D eigenvalue weighted by Crippen LogP contribution is 2.19. The van der Waals surface area contributed by atoms with Crippen LogP contribution in [0, 0.1) is 0 Å². The van der Waals surface area contributed by atoms with Gasteiger partial charge in [-0.15, -0.1) is 0 Å². The quantitative estimate of drug-likeness (QED) is 0.444. The summed E-state index contributed by atoms with van der Waals surface area (Å²) in [5, 5.41) is 11.8. The number of amides is 1. The molecule has 0 aliphatic heterocycles.